The normalized spacial score (nSPS) is 10.7. The summed E-state index contributed by atoms with van der Waals surface area (Å²) in [6.07, 6.45) is 6.13. The average molecular weight is 335 g/mol. The minimum Gasteiger partial charge on any atom is -0.341 e. The Kier molecular flexibility index (Phi) is 4.88. The van der Waals surface area contributed by atoms with E-state index < -0.39 is 0 Å². The highest BCUT2D eigenvalue weighted by Crippen LogP contribution is 2.21. The molecule has 1 N–H and O–H groups in total. The maximum absolute atomic E-state index is 12.7. The number of aromatic nitrogens is 4. The van der Waals surface area contributed by atoms with Gasteiger partial charge in [-0.3, -0.25) is 14.9 Å². The number of rotatable bonds is 5. The van der Waals surface area contributed by atoms with Crippen molar-refractivity contribution in [1.82, 2.24) is 25.1 Å². The molecular weight excluding hydrogens is 314 g/mol. The predicted octanol–water partition coefficient (Wildman–Crippen LogP) is 2.80. The first kappa shape index (κ1) is 16.8. The maximum atomic E-state index is 12.7. The molecule has 0 aliphatic carbocycles. The zero-order chi connectivity index (χ0) is 17.8. The summed E-state index contributed by atoms with van der Waals surface area (Å²) in [4.78, 5) is 23.3. The summed E-state index contributed by atoms with van der Waals surface area (Å²) < 4.78 is 0. The Balaban J connectivity index is 1.78. The van der Waals surface area contributed by atoms with Crippen molar-refractivity contribution in [2.24, 2.45) is 0 Å². The third-order valence-electron chi connectivity index (χ3n) is 4.10. The van der Waals surface area contributed by atoms with Crippen LogP contribution < -0.4 is 0 Å². The lowest BCUT2D eigenvalue weighted by molar-refractivity contribution is 0.0796. The zero-order valence-corrected chi connectivity index (χ0v) is 14.7. The Labute approximate surface area is 146 Å². The Morgan fingerprint density at radius 1 is 1.24 bits per heavy atom. The predicted molar refractivity (Wildman–Crippen MR) is 96.2 cm³/mol. The molecule has 0 bridgehead atoms. The van der Waals surface area contributed by atoms with E-state index in [4.69, 9.17) is 0 Å². The van der Waals surface area contributed by atoms with Gasteiger partial charge in [-0.1, -0.05) is 12.1 Å². The lowest BCUT2D eigenvalue weighted by atomic mass is 10.1. The highest BCUT2D eigenvalue weighted by atomic mass is 16.2. The van der Waals surface area contributed by atoms with Gasteiger partial charge in [-0.05, 0) is 38.0 Å². The minimum atomic E-state index is -0.0105. The monoisotopic (exact) mass is 335 g/mol. The molecule has 0 aliphatic rings. The van der Waals surface area contributed by atoms with Crippen molar-refractivity contribution in [3.63, 3.8) is 0 Å². The maximum Gasteiger partial charge on any atom is 0.253 e. The summed E-state index contributed by atoms with van der Waals surface area (Å²) in [6, 6.07) is 7.56. The van der Waals surface area contributed by atoms with Crippen LogP contribution in [0, 0.1) is 13.8 Å². The minimum absolute atomic E-state index is 0.0105. The number of nitrogens with zero attached hydrogens (tertiary/aromatic N) is 4. The molecule has 3 aromatic rings. The molecule has 2 aromatic heterocycles. The van der Waals surface area contributed by atoms with E-state index in [1.54, 1.807) is 17.3 Å². The van der Waals surface area contributed by atoms with Crippen molar-refractivity contribution in [3.8, 4) is 11.3 Å². The van der Waals surface area contributed by atoms with Crippen LogP contribution in [0.3, 0.4) is 0 Å². The van der Waals surface area contributed by atoms with Crippen LogP contribution in [0.4, 0.5) is 0 Å². The largest absolute Gasteiger partial charge is 0.341 e. The molecule has 1 amide bonds. The van der Waals surface area contributed by atoms with Gasteiger partial charge in [0, 0.05) is 37.1 Å². The van der Waals surface area contributed by atoms with Gasteiger partial charge in [0.25, 0.3) is 5.91 Å². The smallest absolute Gasteiger partial charge is 0.253 e. The van der Waals surface area contributed by atoms with Crippen molar-refractivity contribution in [2.45, 2.75) is 20.3 Å². The number of carbonyl (C=O) groups excluding carboxylic acids is 1. The first-order chi connectivity index (χ1) is 12.0. The van der Waals surface area contributed by atoms with Crippen LogP contribution in [0.1, 0.15) is 27.3 Å². The Morgan fingerprint density at radius 2 is 2.08 bits per heavy atom. The van der Waals surface area contributed by atoms with Gasteiger partial charge < -0.3 is 4.90 Å². The number of aryl methyl sites for hydroxylation is 2. The second-order valence-corrected chi connectivity index (χ2v) is 6.11. The summed E-state index contributed by atoms with van der Waals surface area (Å²) in [5.74, 6) is -0.0105. The fraction of sp³-hybridized carbons (Fsp3) is 0.263. The van der Waals surface area contributed by atoms with Gasteiger partial charge in [-0.2, -0.15) is 5.10 Å². The third-order valence-corrected chi connectivity index (χ3v) is 4.10. The van der Waals surface area contributed by atoms with Gasteiger partial charge in [0.2, 0.25) is 0 Å². The van der Waals surface area contributed by atoms with Crippen LogP contribution in [0.2, 0.25) is 0 Å². The topological polar surface area (TPSA) is 74.8 Å². The summed E-state index contributed by atoms with van der Waals surface area (Å²) in [5, 5.41) is 6.71. The van der Waals surface area contributed by atoms with Crippen LogP contribution in [-0.2, 0) is 6.42 Å². The van der Waals surface area contributed by atoms with Crippen LogP contribution in [0.25, 0.3) is 11.3 Å². The number of hydrogen-bond acceptors (Lipinski definition) is 4. The van der Waals surface area contributed by atoms with Gasteiger partial charge in [0.15, 0.2) is 0 Å². The molecule has 6 nitrogen and oxygen atoms in total. The number of aromatic amines is 1. The van der Waals surface area contributed by atoms with Gasteiger partial charge >= 0.3 is 0 Å². The Bertz CT molecular complexity index is 873. The molecule has 0 aliphatic heterocycles. The number of nitrogens with one attached hydrogen (secondary N) is 1. The van der Waals surface area contributed by atoms with E-state index in [0.717, 1.165) is 34.6 Å². The van der Waals surface area contributed by atoms with Crippen molar-refractivity contribution in [3.05, 3.63) is 65.4 Å². The summed E-state index contributed by atoms with van der Waals surface area (Å²) in [6.45, 7) is 4.47. The molecule has 3 rings (SSSR count). The fourth-order valence-electron chi connectivity index (χ4n) is 2.64. The number of likely N-dealkylation sites (N-methyl/N-ethyl adjacent to an activating group) is 1. The third kappa shape index (κ3) is 3.91. The van der Waals surface area contributed by atoms with Crippen LogP contribution in [0.5, 0.6) is 0 Å². The summed E-state index contributed by atoms with van der Waals surface area (Å²) in [7, 11) is 1.81. The molecule has 25 heavy (non-hydrogen) atoms. The molecule has 0 fully saturated rings. The molecule has 0 radical (unpaired) electrons. The first-order valence-electron chi connectivity index (χ1n) is 8.18. The number of carbonyl (C=O) groups is 1. The molecule has 0 atom stereocenters. The lowest BCUT2D eigenvalue weighted by Gasteiger charge is -2.17. The van der Waals surface area contributed by atoms with Crippen LogP contribution in [0.15, 0.2) is 42.9 Å². The molecule has 0 saturated heterocycles. The van der Waals surface area contributed by atoms with Gasteiger partial charge in [0.05, 0.1) is 23.3 Å². The second kappa shape index (κ2) is 7.25. The second-order valence-electron chi connectivity index (χ2n) is 6.11. The van der Waals surface area contributed by atoms with E-state index in [1.807, 2.05) is 51.4 Å². The quantitative estimate of drug-likeness (QED) is 0.778. The van der Waals surface area contributed by atoms with Gasteiger partial charge in [0.1, 0.15) is 0 Å². The molecule has 1 aromatic carbocycles. The van der Waals surface area contributed by atoms with E-state index in [9.17, 15) is 4.79 Å². The van der Waals surface area contributed by atoms with Crippen molar-refractivity contribution in [1.29, 1.82) is 0 Å². The molecule has 0 unspecified atom stereocenters. The first-order valence-corrected chi connectivity index (χ1v) is 8.18. The average Bonchev–Trinajstić information content (AvgIpc) is 3.14. The fourth-order valence-corrected chi connectivity index (χ4v) is 2.64. The van der Waals surface area contributed by atoms with E-state index in [1.165, 1.54) is 0 Å². The number of H-pyrrole nitrogens is 1. The number of hydrogen-bond donors (Lipinski definition) is 1. The summed E-state index contributed by atoms with van der Waals surface area (Å²) >= 11 is 0. The molecule has 0 saturated carbocycles. The van der Waals surface area contributed by atoms with E-state index >= 15 is 0 Å². The van der Waals surface area contributed by atoms with Crippen molar-refractivity contribution in [2.75, 3.05) is 13.6 Å². The SMILES string of the molecule is Cc1cnc(C)c(-c2cccc(C(=O)N(C)CCc3cn[nH]c3)c2)n1. The van der Waals surface area contributed by atoms with E-state index in [-0.39, 0.29) is 5.91 Å². The lowest BCUT2D eigenvalue weighted by Crippen LogP contribution is -2.28. The zero-order valence-electron chi connectivity index (χ0n) is 14.7. The van der Waals surface area contributed by atoms with E-state index in [0.29, 0.717) is 12.1 Å². The number of benzene rings is 1. The highest BCUT2D eigenvalue weighted by Gasteiger charge is 2.14. The molecule has 128 valence electrons. The molecular formula is C19H21N5O. The standard InChI is InChI=1S/C19H21N5O/c1-13-10-20-14(2)18(23-13)16-5-4-6-17(9-16)19(25)24(3)8-7-15-11-21-22-12-15/h4-6,9-12H,7-8H2,1-3H3,(H,21,22). The van der Waals surface area contributed by atoms with E-state index in [2.05, 4.69) is 20.2 Å². The Morgan fingerprint density at radius 3 is 2.84 bits per heavy atom. The van der Waals surface area contributed by atoms with Crippen molar-refractivity contribution < 1.29 is 4.79 Å². The number of amides is 1. The summed E-state index contributed by atoms with van der Waals surface area (Å²) in [5.41, 5.74) is 5.16. The van der Waals surface area contributed by atoms with Gasteiger partial charge in [-0.25, -0.2) is 4.98 Å². The van der Waals surface area contributed by atoms with Gasteiger partial charge in [-0.15, -0.1) is 0 Å². The van der Waals surface area contributed by atoms with Crippen molar-refractivity contribution >= 4 is 5.91 Å². The Hall–Kier alpha value is -3.02. The highest BCUT2D eigenvalue weighted by molar-refractivity contribution is 5.95. The van der Waals surface area contributed by atoms with Crippen LogP contribution in [-0.4, -0.2) is 44.6 Å². The molecule has 6 heteroatoms. The molecule has 0 spiro atoms. The van der Waals surface area contributed by atoms with Crippen LogP contribution >= 0.6 is 0 Å². The molecule has 2 heterocycles.